The summed E-state index contributed by atoms with van der Waals surface area (Å²) in [6.45, 7) is 4.01. The zero-order chi connectivity index (χ0) is 25.5. The van der Waals surface area contributed by atoms with Gasteiger partial charge in [0.15, 0.2) is 12.1 Å². The third kappa shape index (κ3) is 5.39. The normalized spacial score (nSPS) is 28.5. The molecule has 1 aliphatic carbocycles. The molecule has 11 heteroatoms. The lowest BCUT2D eigenvalue weighted by atomic mass is 9.95. The van der Waals surface area contributed by atoms with Gasteiger partial charge < -0.3 is 20.5 Å². The number of halogens is 3. The number of hydrogen-bond donors (Lipinski definition) is 2. The minimum Gasteiger partial charge on any atom is -0.480 e. The van der Waals surface area contributed by atoms with Crippen LogP contribution in [0.25, 0.3) is 0 Å². The third-order valence-corrected chi connectivity index (χ3v) is 6.83. The molecule has 5 atom stereocenters. The summed E-state index contributed by atoms with van der Waals surface area (Å²) in [6.07, 6.45) is -5.81. The molecule has 0 unspecified atom stereocenters. The fourth-order valence-corrected chi connectivity index (χ4v) is 5.09. The van der Waals surface area contributed by atoms with Gasteiger partial charge >= 0.3 is 6.18 Å². The summed E-state index contributed by atoms with van der Waals surface area (Å²) in [5, 5.41) is 2.80. The molecule has 0 saturated heterocycles. The second kappa shape index (κ2) is 9.33. The number of nitrogens with one attached hydrogen (secondary N) is 1. The number of rotatable bonds is 7. The number of aliphatic imine (C=N–C) groups is 1. The van der Waals surface area contributed by atoms with Crippen LogP contribution in [0.3, 0.4) is 0 Å². The molecule has 1 aromatic rings. The first-order valence-corrected chi connectivity index (χ1v) is 11.7. The topological polar surface area (TPSA) is 106 Å². The van der Waals surface area contributed by atoms with Crippen LogP contribution in [0, 0.1) is 11.8 Å². The van der Waals surface area contributed by atoms with Gasteiger partial charge in [-0.15, -0.1) is 0 Å². The quantitative estimate of drug-likeness (QED) is 0.604. The first-order valence-electron chi connectivity index (χ1n) is 11.7. The molecule has 1 aromatic carbocycles. The molecule has 3 N–H and O–H groups in total. The molecule has 1 saturated carbocycles. The van der Waals surface area contributed by atoms with Gasteiger partial charge in [-0.05, 0) is 38.7 Å². The molecule has 0 bridgehead atoms. The Morgan fingerprint density at radius 3 is 2.71 bits per heavy atom. The maximum absolute atomic E-state index is 13.4. The van der Waals surface area contributed by atoms with Crippen molar-refractivity contribution in [3.8, 4) is 5.75 Å². The Morgan fingerprint density at radius 1 is 1.34 bits per heavy atom. The van der Waals surface area contributed by atoms with Gasteiger partial charge in [-0.1, -0.05) is 18.2 Å². The molecule has 3 aliphatic rings. The van der Waals surface area contributed by atoms with E-state index in [4.69, 9.17) is 15.2 Å². The number of nitrogens with zero attached hydrogens (tertiary/aromatic N) is 2. The number of nitrogens with two attached hydrogens (primary N) is 1. The Bertz CT molecular complexity index is 1010. The van der Waals surface area contributed by atoms with Crippen molar-refractivity contribution in [2.75, 3.05) is 13.7 Å². The second-order valence-corrected chi connectivity index (χ2v) is 10.1. The van der Waals surface area contributed by atoms with Crippen molar-refractivity contribution in [2.45, 2.75) is 69.4 Å². The lowest BCUT2D eigenvalue weighted by molar-refractivity contribution is -0.201. The highest BCUT2D eigenvalue weighted by Gasteiger charge is 2.53. The van der Waals surface area contributed by atoms with Crippen molar-refractivity contribution in [3.05, 3.63) is 29.8 Å². The molecule has 2 amide bonds. The highest BCUT2D eigenvalue weighted by Crippen LogP contribution is 2.47. The van der Waals surface area contributed by atoms with Gasteiger partial charge in [0.25, 0.3) is 0 Å². The molecule has 2 heterocycles. The van der Waals surface area contributed by atoms with Crippen LogP contribution >= 0.6 is 0 Å². The maximum Gasteiger partial charge on any atom is 0.425 e. The van der Waals surface area contributed by atoms with Crippen molar-refractivity contribution < 1.29 is 32.2 Å². The number of carbonyl (C=O) groups excluding carboxylic acids is 2. The van der Waals surface area contributed by atoms with E-state index >= 15 is 0 Å². The first-order chi connectivity index (χ1) is 16.4. The summed E-state index contributed by atoms with van der Waals surface area (Å²) in [6, 6.07) is 5.20. The Balaban J connectivity index is 1.50. The lowest BCUT2D eigenvalue weighted by Gasteiger charge is -2.38. The van der Waals surface area contributed by atoms with E-state index in [9.17, 15) is 22.8 Å². The highest BCUT2D eigenvalue weighted by atomic mass is 19.4. The van der Waals surface area contributed by atoms with E-state index in [0.717, 1.165) is 0 Å². The molecule has 2 aliphatic heterocycles. The minimum atomic E-state index is -4.55. The molecule has 35 heavy (non-hydrogen) atoms. The number of benzene rings is 1. The summed E-state index contributed by atoms with van der Waals surface area (Å²) >= 11 is 0. The zero-order valence-corrected chi connectivity index (χ0v) is 20.0. The molecule has 192 valence electrons. The van der Waals surface area contributed by atoms with E-state index in [1.807, 2.05) is 13.8 Å². The van der Waals surface area contributed by atoms with Crippen molar-refractivity contribution in [2.24, 2.45) is 22.6 Å². The van der Waals surface area contributed by atoms with E-state index in [1.165, 1.54) is 11.0 Å². The van der Waals surface area contributed by atoms with Gasteiger partial charge in [0.2, 0.25) is 11.8 Å². The molecular formula is C24H31F3N4O4. The number of ether oxygens (including phenoxy) is 2. The summed E-state index contributed by atoms with van der Waals surface area (Å²) in [5.74, 6) is -0.933. The largest absolute Gasteiger partial charge is 0.480 e. The summed E-state index contributed by atoms with van der Waals surface area (Å²) < 4.78 is 50.6. The standard InChI is InChI=1S/C24H31F3N4O4/c1-23(2)12-20(32)31(22(28)30-23)17(8-9-34-3)14-10-15(14)21(33)29-16-11-19(24(25,26)27)35-18-7-5-4-6-13(16)18/h4-7,14-17,19H,8-12H2,1-3H3,(H2,28,30)(H,29,33)/t14-,15-,16-,17+,19-/m0/s1. The fourth-order valence-electron chi connectivity index (χ4n) is 5.09. The van der Waals surface area contributed by atoms with Crippen LogP contribution in [0.15, 0.2) is 29.3 Å². The van der Waals surface area contributed by atoms with E-state index < -0.39 is 36.2 Å². The Morgan fingerprint density at radius 2 is 2.06 bits per heavy atom. The molecule has 0 spiro atoms. The van der Waals surface area contributed by atoms with Crippen LogP contribution in [0.2, 0.25) is 0 Å². The predicted molar refractivity (Wildman–Crippen MR) is 121 cm³/mol. The van der Waals surface area contributed by atoms with Gasteiger partial charge in [0.1, 0.15) is 5.75 Å². The van der Waals surface area contributed by atoms with Gasteiger partial charge in [-0.25, -0.2) is 4.99 Å². The lowest BCUT2D eigenvalue weighted by Crippen LogP contribution is -2.55. The van der Waals surface area contributed by atoms with Crippen molar-refractivity contribution in [1.82, 2.24) is 10.2 Å². The monoisotopic (exact) mass is 496 g/mol. The van der Waals surface area contributed by atoms with Crippen LogP contribution in [0.4, 0.5) is 13.2 Å². The van der Waals surface area contributed by atoms with Crippen molar-refractivity contribution in [1.29, 1.82) is 0 Å². The van der Waals surface area contributed by atoms with Gasteiger partial charge in [0, 0.05) is 37.7 Å². The fraction of sp³-hybridized carbons (Fsp3) is 0.625. The van der Waals surface area contributed by atoms with Crippen LogP contribution < -0.4 is 15.8 Å². The Hall–Kier alpha value is -2.82. The second-order valence-electron chi connectivity index (χ2n) is 10.1. The molecular weight excluding hydrogens is 465 g/mol. The molecule has 4 rings (SSSR count). The van der Waals surface area contributed by atoms with Crippen LogP contribution in [-0.2, 0) is 14.3 Å². The number of guanidine groups is 1. The molecule has 1 fully saturated rings. The molecule has 8 nitrogen and oxygen atoms in total. The third-order valence-electron chi connectivity index (χ3n) is 6.83. The Kier molecular flexibility index (Phi) is 6.74. The highest BCUT2D eigenvalue weighted by molar-refractivity contribution is 5.99. The van der Waals surface area contributed by atoms with E-state index in [1.54, 1.807) is 25.3 Å². The van der Waals surface area contributed by atoms with Gasteiger partial charge in [-0.2, -0.15) is 13.2 Å². The average Bonchev–Trinajstić information content (AvgIpc) is 3.55. The van der Waals surface area contributed by atoms with Crippen molar-refractivity contribution >= 4 is 17.8 Å². The number of hydrogen-bond acceptors (Lipinski definition) is 6. The Labute approximate surface area is 202 Å². The molecule has 0 radical (unpaired) electrons. The number of fused-ring (bicyclic) bond motifs is 1. The summed E-state index contributed by atoms with van der Waals surface area (Å²) in [5.41, 5.74) is 6.07. The first kappa shape index (κ1) is 25.3. The minimum absolute atomic E-state index is 0.113. The number of amides is 2. The summed E-state index contributed by atoms with van der Waals surface area (Å²) in [7, 11) is 1.55. The van der Waals surface area contributed by atoms with Crippen LogP contribution in [-0.4, -0.2) is 60.3 Å². The smallest absolute Gasteiger partial charge is 0.425 e. The summed E-state index contributed by atoms with van der Waals surface area (Å²) in [4.78, 5) is 32.0. The predicted octanol–water partition coefficient (Wildman–Crippen LogP) is 2.92. The molecule has 0 aromatic heterocycles. The van der Waals surface area contributed by atoms with E-state index in [2.05, 4.69) is 10.3 Å². The van der Waals surface area contributed by atoms with Gasteiger partial charge in [0.05, 0.1) is 18.0 Å². The van der Waals surface area contributed by atoms with Crippen molar-refractivity contribution in [3.63, 3.8) is 0 Å². The maximum atomic E-state index is 13.4. The number of carbonyl (C=O) groups is 2. The van der Waals surface area contributed by atoms with E-state index in [-0.39, 0.29) is 41.9 Å². The zero-order valence-electron chi connectivity index (χ0n) is 20.0. The average molecular weight is 497 g/mol. The van der Waals surface area contributed by atoms with Crippen LogP contribution in [0.5, 0.6) is 5.75 Å². The van der Waals surface area contributed by atoms with Crippen LogP contribution in [0.1, 0.15) is 51.1 Å². The number of methoxy groups -OCH3 is 1. The van der Waals surface area contributed by atoms with Gasteiger partial charge in [-0.3, -0.25) is 14.5 Å². The van der Waals surface area contributed by atoms with E-state index in [0.29, 0.717) is 25.0 Å². The number of alkyl halides is 3. The SMILES string of the molecule is COCC[C@H]([C@H]1C[C@@H]1C(=O)N[C@H]1C[C@@H](C(F)(F)F)Oc2ccccc21)N1C(=O)CC(C)(C)N=C1N. The number of para-hydroxylation sites is 1.